The van der Waals surface area contributed by atoms with Crippen LogP contribution in [-0.2, 0) is 0 Å². The molecule has 0 heterocycles. The Labute approximate surface area is 64.6 Å². The van der Waals surface area contributed by atoms with Gasteiger partial charge in [-0.1, -0.05) is 0 Å². The summed E-state index contributed by atoms with van der Waals surface area (Å²) in [6.07, 6.45) is 0. The van der Waals surface area contributed by atoms with Gasteiger partial charge in [0.1, 0.15) is 0 Å². The van der Waals surface area contributed by atoms with Crippen LogP contribution in [0.5, 0.6) is 0 Å². The first kappa shape index (κ1) is 7.21. The Hall–Kier alpha value is 0.103. The standard InChI is InChI=1S/C6H5.2CH3.Bi/c1-2-4-6-5-3-1;;;/h1-5H;2*1H3;. The molecule has 0 unspecified atom stereocenters. The Morgan fingerprint density at radius 3 is 1.89 bits per heavy atom. The van der Waals surface area contributed by atoms with E-state index >= 15 is 0 Å². The van der Waals surface area contributed by atoms with Gasteiger partial charge in [-0.25, -0.2) is 0 Å². The molecule has 1 aromatic rings. The first-order chi connectivity index (χ1) is 4.30. The SMILES string of the molecule is [CH3][Bi]([CH3])[c]1ccccc1. The van der Waals surface area contributed by atoms with Crippen LogP contribution in [0.15, 0.2) is 30.3 Å². The summed E-state index contributed by atoms with van der Waals surface area (Å²) < 4.78 is 6.43. The second kappa shape index (κ2) is 3.32. The van der Waals surface area contributed by atoms with E-state index in [2.05, 4.69) is 39.6 Å². The van der Waals surface area contributed by atoms with Crippen LogP contribution in [0.2, 0.25) is 9.26 Å². The van der Waals surface area contributed by atoms with Gasteiger partial charge in [-0.15, -0.1) is 0 Å². The predicted molar refractivity (Wildman–Crippen MR) is 43.6 cm³/mol. The summed E-state index contributed by atoms with van der Waals surface area (Å²) in [5.74, 6) is 0. The fourth-order valence-corrected chi connectivity index (χ4v) is 3.71. The van der Waals surface area contributed by atoms with E-state index in [1.54, 1.807) is 3.27 Å². The van der Waals surface area contributed by atoms with Gasteiger partial charge in [-0.3, -0.25) is 0 Å². The van der Waals surface area contributed by atoms with Crippen LogP contribution in [0.4, 0.5) is 0 Å². The number of rotatable bonds is 1. The fraction of sp³-hybridized carbons (Fsp3) is 0.250. The van der Waals surface area contributed by atoms with Gasteiger partial charge >= 0.3 is 64.6 Å². The molecule has 1 rings (SSSR count). The Morgan fingerprint density at radius 2 is 1.56 bits per heavy atom. The molecule has 0 nitrogen and oxygen atoms in total. The van der Waals surface area contributed by atoms with Crippen molar-refractivity contribution in [1.82, 2.24) is 0 Å². The number of hydrogen-bond donors (Lipinski definition) is 0. The van der Waals surface area contributed by atoms with Crippen LogP contribution >= 0.6 is 0 Å². The van der Waals surface area contributed by atoms with Crippen molar-refractivity contribution in [3.8, 4) is 0 Å². The third-order valence-electron chi connectivity index (χ3n) is 1.27. The summed E-state index contributed by atoms with van der Waals surface area (Å²) in [5, 5.41) is 0. The summed E-state index contributed by atoms with van der Waals surface area (Å²) in [5.41, 5.74) is 0. The van der Waals surface area contributed by atoms with Crippen LogP contribution in [0.3, 0.4) is 0 Å². The second-order valence-electron chi connectivity index (χ2n) is 2.23. The van der Waals surface area contributed by atoms with Crippen molar-refractivity contribution in [3.05, 3.63) is 30.3 Å². The van der Waals surface area contributed by atoms with E-state index < -0.39 is 21.8 Å². The second-order valence-corrected chi connectivity index (χ2v) is 11.2. The van der Waals surface area contributed by atoms with Crippen LogP contribution in [0, 0.1) is 0 Å². The third-order valence-corrected chi connectivity index (χ3v) is 6.45. The molecule has 1 aromatic carbocycles. The normalized spacial score (nSPS) is 10.1. The van der Waals surface area contributed by atoms with Gasteiger partial charge in [0, 0.05) is 0 Å². The van der Waals surface area contributed by atoms with Gasteiger partial charge in [0.2, 0.25) is 0 Å². The maximum absolute atomic E-state index is 2.41. The molecular formula is C8H11Bi. The Bertz CT molecular complexity index is 167. The van der Waals surface area contributed by atoms with Crippen LogP contribution in [0.1, 0.15) is 0 Å². The molecule has 9 heavy (non-hydrogen) atoms. The molecule has 0 aliphatic rings. The monoisotopic (exact) mass is 316 g/mol. The molecular weight excluding hydrogens is 305 g/mol. The first-order valence-corrected chi connectivity index (χ1v) is 11.7. The zero-order valence-electron chi connectivity index (χ0n) is 5.83. The average Bonchev–Trinajstić information content (AvgIpc) is 1.90. The van der Waals surface area contributed by atoms with Gasteiger partial charge in [0.15, 0.2) is 0 Å². The van der Waals surface area contributed by atoms with Gasteiger partial charge < -0.3 is 0 Å². The molecule has 0 radical (unpaired) electrons. The molecule has 0 aliphatic carbocycles. The van der Waals surface area contributed by atoms with E-state index in [0.717, 1.165) is 0 Å². The molecule has 0 saturated heterocycles. The topological polar surface area (TPSA) is 0 Å². The van der Waals surface area contributed by atoms with Crippen molar-refractivity contribution >= 4 is 25.0 Å². The Morgan fingerprint density at radius 1 is 1.00 bits per heavy atom. The van der Waals surface area contributed by atoms with Gasteiger partial charge in [0.05, 0.1) is 0 Å². The van der Waals surface area contributed by atoms with Crippen LogP contribution in [0.25, 0.3) is 0 Å². The molecule has 0 amide bonds. The van der Waals surface area contributed by atoms with Gasteiger partial charge in [-0.05, 0) is 0 Å². The van der Waals surface area contributed by atoms with Gasteiger partial charge in [0.25, 0.3) is 0 Å². The van der Waals surface area contributed by atoms with E-state index in [4.69, 9.17) is 0 Å². The molecule has 0 saturated carbocycles. The van der Waals surface area contributed by atoms with E-state index in [-0.39, 0.29) is 0 Å². The summed E-state index contributed by atoms with van der Waals surface area (Å²) in [6, 6.07) is 10.8. The maximum atomic E-state index is 2.41. The molecule has 0 fully saturated rings. The third kappa shape index (κ3) is 2.06. The molecule has 0 N–H and O–H groups in total. The van der Waals surface area contributed by atoms with E-state index in [1.807, 2.05) is 0 Å². The predicted octanol–water partition coefficient (Wildman–Crippen LogP) is 1.65. The molecule has 0 spiro atoms. The summed E-state index contributed by atoms with van der Waals surface area (Å²) in [4.78, 5) is 0. The minimum atomic E-state index is -1.08. The van der Waals surface area contributed by atoms with E-state index in [9.17, 15) is 0 Å². The number of hydrogen-bond acceptors (Lipinski definition) is 0. The van der Waals surface area contributed by atoms with E-state index in [0.29, 0.717) is 0 Å². The van der Waals surface area contributed by atoms with Crippen molar-refractivity contribution in [2.24, 2.45) is 0 Å². The average molecular weight is 316 g/mol. The van der Waals surface area contributed by atoms with Crippen LogP contribution in [-0.4, -0.2) is 21.8 Å². The first-order valence-electron chi connectivity index (χ1n) is 3.03. The fourth-order valence-electron chi connectivity index (χ4n) is 0.726. The molecule has 0 aromatic heterocycles. The molecule has 48 valence electrons. The Kier molecular flexibility index (Phi) is 2.66. The molecule has 0 atom stereocenters. The summed E-state index contributed by atoms with van der Waals surface area (Å²) in [6.45, 7) is 0. The molecule has 1 heteroatoms. The van der Waals surface area contributed by atoms with Crippen LogP contribution < -0.4 is 3.27 Å². The number of benzene rings is 1. The minimum absolute atomic E-state index is 1.08. The Balaban J connectivity index is 2.85. The summed E-state index contributed by atoms with van der Waals surface area (Å²) >= 11 is -1.08. The van der Waals surface area contributed by atoms with Crippen molar-refractivity contribution in [2.75, 3.05) is 0 Å². The van der Waals surface area contributed by atoms with Crippen molar-refractivity contribution in [1.29, 1.82) is 0 Å². The summed E-state index contributed by atoms with van der Waals surface area (Å²) in [7, 11) is 0. The van der Waals surface area contributed by atoms with E-state index in [1.165, 1.54) is 0 Å². The van der Waals surface area contributed by atoms with Crippen molar-refractivity contribution in [2.45, 2.75) is 9.26 Å². The van der Waals surface area contributed by atoms with Gasteiger partial charge in [-0.2, -0.15) is 0 Å². The molecule has 0 aliphatic heterocycles. The zero-order valence-corrected chi connectivity index (χ0v) is 9.31. The molecule has 0 bridgehead atoms. The zero-order chi connectivity index (χ0) is 6.69. The van der Waals surface area contributed by atoms with Crippen molar-refractivity contribution < 1.29 is 0 Å². The van der Waals surface area contributed by atoms with Crippen molar-refractivity contribution in [3.63, 3.8) is 0 Å². The quantitative estimate of drug-likeness (QED) is 0.691.